The molecule has 0 bridgehead atoms. The molecule has 1 fully saturated rings. The second-order valence-electron chi connectivity index (χ2n) is 4.11. The van der Waals surface area contributed by atoms with Gasteiger partial charge in [-0.1, -0.05) is 0 Å². The molecule has 90 valence electrons. The number of carboxylic acids is 1. The lowest BCUT2D eigenvalue weighted by molar-refractivity contribution is -0.141. The molecule has 0 aromatic carbocycles. The number of anilines is 2. The minimum absolute atomic E-state index is 0.00436. The van der Waals surface area contributed by atoms with Crippen LogP contribution in [0.4, 0.5) is 11.5 Å². The molecule has 1 aromatic rings. The summed E-state index contributed by atoms with van der Waals surface area (Å²) in [6, 6.07) is 1.74. The summed E-state index contributed by atoms with van der Waals surface area (Å²) in [5.41, 5.74) is 7.09. The van der Waals surface area contributed by atoms with Crippen molar-refractivity contribution in [3.63, 3.8) is 0 Å². The summed E-state index contributed by atoms with van der Waals surface area (Å²) in [5.74, 6) is -1.53. The van der Waals surface area contributed by atoms with Crippen LogP contribution in [0.25, 0.3) is 0 Å². The molecule has 1 amide bonds. The van der Waals surface area contributed by atoms with Crippen LogP contribution < -0.4 is 10.6 Å². The van der Waals surface area contributed by atoms with Gasteiger partial charge in [-0.05, 0) is 18.6 Å². The van der Waals surface area contributed by atoms with Gasteiger partial charge in [-0.3, -0.25) is 14.5 Å². The highest BCUT2D eigenvalue weighted by molar-refractivity contribution is 6.00. The number of carbonyl (C=O) groups is 2. The number of carboxylic acid groups (broad SMARTS) is 1. The molecule has 0 aliphatic carbocycles. The largest absolute Gasteiger partial charge is 0.481 e. The van der Waals surface area contributed by atoms with Crippen molar-refractivity contribution in [1.82, 2.24) is 4.98 Å². The fraction of sp³-hybridized carbons (Fsp3) is 0.364. The predicted molar refractivity (Wildman–Crippen MR) is 61.5 cm³/mol. The van der Waals surface area contributed by atoms with Gasteiger partial charge in [-0.25, -0.2) is 4.98 Å². The lowest BCUT2D eigenvalue weighted by Gasteiger charge is -2.17. The molecule has 17 heavy (non-hydrogen) atoms. The van der Waals surface area contributed by atoms with Crippen LogP contribution in [0.2, 0.25) is 0 Å². The number of hydrogen-bond acceptors (Lipinski definition) is 4. The van der Waals surface area contributed by atoms with Gasteiger partial charge in [-0.2, -0.15) is 0 Å². The van der Waals surface area contributed by atoms with Gasteiger partial charge in [0.25, 0.3) is 0 Å². The number of nitrogens with zero attached hydrogens (tertiary/aromatic N) is 2. The molecule has 0 radical (unpaired) electrons. The van der Waals surface area contributed by atoms with Crippen LogP contribution in [0.15, 0.2) is 12.3 Å². The number of pyridine rings is 1. The van der Waals surface area contributed by atoms with E-state index >= 15 is 0 Å². The highest BCUT2D eigenvalue weighted by Crippen LogP contribution is 2.29. The summed E-state index contributed by atoms with van der Waals surface area (Å²) in [6.07, 6.45) is 1.56. The molecule has 6 heteroatoms. The molecular weight excluding hydrogens is 222 g/mol. The van der Waals surface area contributed by atoms with Gasteiger partial charge in [-0.15, -0.1) is 0 Å². The summed E-state index contributed by atoms with van der Waals surface area (Å²) >= 11 is 0. The van der Waals surface area contributed by atoms with Crippen LogP contribution in [0.1, 0.15) is 12.0 Å². The first-order chi connectivity index (χ1) is 8.00. The van der Waals surface area contributed by atoms with E-state index in [4.69, 9.17) is 10.8 Å². The monoisotopic (exact) mass is 235 g/mol. The van der Waals surface area contributed by atoms with Crippen LogP contribution in [0, 0.1) is 12.8 Å². The van der Waals surface area contributed by atoms with Crippen molar-refractivity contribution >= 4 is 23.4 Å². The first-order valence-corrected chi connectivity index (χ1v) is 5.25. The first kappa shape index (κ1) is 11.4. The summed E-state index contributed by atoms with van der Waals surface area (Å²) in [4.78, 5) is 28.0. The minimum Gasteiger partial charge on any atom is -0.481 e. The van der Waals surface area contributed by atoms with E-state index < -0.39 is 11.9 Å². The van der Waals surface area contributed by atoms with Crippen molar-refractivity contribution in [3.8, 4) is 0 Å². The Labute approximate surface area is 98.1 Å². The van der Waals surface area contributed by atoms with E-state index in [-0.39, 0.29) is 18.9 Å². The van der Waals surface area contributed by atoms with E-state index in [2.05, 4.69) is 4.98 Å². The Morgan fingerprint density at radius 1 is 1.65 bits per heavy atom. The third-order valence-electron chi connectivity index (χ3n) is 2.92. The quantitative estimate of drug-likeness (QED) is 0.773. The van der Waals surface area contributed by atoms with Crippen LogP contribution in [-0.4, -0.2) is 28.5 Å². The maximum absolute atomic E-state index is 11.7. The van der Waals surface area contributed by atoms with E-state index in [1.54, 1.807) is 12.3 Å². The third kappa shape index (κ3) is 1.93. The van der Waals surface area contributed by atoms with Crippen molar-refractivity contribution in [2.45, 2.75) is 13.3 Å². The normalized spacial score (nSPS) is 19.7. The number of aliphatic carboxylic acids is 1. The van der Waals surface area contributed by atoms with Crippen LogP contribution >= 0.6 is 0 Å². The van der Waals surface area contributed by atoms with Gasteiger partial charge >= 0.3 is 5.97 Å². The summed E-state index contributed by atoms with van der Waals surface area (Å²) in [7, 11) is 0. The zero-order valence-corrected chi connectivity index (χ0v) is 9.38. The van der Waals surface area contributed by atoms with Crippen LogP contribution in [-0.2, 0) is 9.59 Å². The maximum Gasteiger partial charge on any atom is 0.308 e. The minimum atomic E-state index is -0.966. The Hall–Kier alpha value is -2.11. The number of aryl methyl sites for hydroxylation is 1. The summed E-state index contributed by atoms with van der Waals surface area (Å²) < 4.78 is 0. The summed E-state index contributed by atoms with van der Waals surface area (Å²) in [6.45, 7) is 1.95. The lowest BCUT2D eigenvalue weighted by Crippen LogP contribution is -2.27. The molecule has 1 aliphatic rings. The molecule has 1 unspecified atom stereocenters. The van der Waals surface area contributed by atoms with Gasteiger partial charge in [0, 0.05) is 19.2 Å². The zero-order valence-electron chi connectivity index (χ0n) is 9.38. The Bertz CT molecular complexity index is 487. The van der Waals surface area contributed by atoms with Crippen LogP contribution in [0.3, 0.4) is 0 Å². The van der Waals surface area contributed by atoms with E-state index in [1.165, 1.54) is 4.90 Å². The number of carbonyl (C=O) groups excluding carboxylic acids is 1. The summed E-state index contributed by atoms with van der Waals surface area (Å²) in [5, 5.41) is 8.89. The zero-order chi connectivity index (χ0) is 12.6. The van der Waals surface area contributed by atoms with Crippen LogP contribution in [0.5, 0.6) is 0 Å². The molecule has 1 aliphatic heterocycles. The lowest BCUT2D eigenvalue weighted by atomic mass is 10.1. The number of aromatic nitrogens is 1. The fourth-order valence-electron chi connectivity index (χ4n) is 1.85. The van der Waals surface area contributed by atoms with Gasteiger partial charge < -0.3 is 10.8 Å². The fourth-order valence-corrected chi connectivity index (χ4v) is 1.85. The number of rotatable bonds is 2. The molecule has 2 rings (SSSR count). The van der Waals surface area contributed by atoms with E-state index in [1.807, 2.05) is 6.92 Å². The topological polar surface area (TPSA) is 96.5 Å². The average Bonchev–Trinajstić information content (AvgIpc) is 2.65. The molecule has 3 N–H and O–H groups in total. The van der Waals surface area contributed by atoms with E-state index in [9.17, 15) is 9.59 Å². The van der Waals surface area contributed by atoms with Gasteiger partial charge in [0.15, 0.2) is 5.82 Å². The van der Waals surface area contributed by atoms with Crippen molar-refractivity contribution in [2.24, 2.45) is 5.92 Å². The third-order valence-corrected chi connectivity index (χ3v) is 2.92. The van der Waals surface area contributed by atoms with Crippen molar-refractivity contribution in [3.05, 3.63) is 17.8 Å². The van der Waals surface area contributed by atoms with Crippen molar-refractivity contribution < 1.29 is 14.7 Å². The number of hydrogen-bond donors (Lipinski definition) is 2. The number of amides is 1. The van der Waals surface area contributed by atoms with Gasteiger partial charge in [0.2, 0.25) is 5.91 Å². The maximum atomic E-state index is 11.7. The SMILES string of the molecule is Cc1ccnc(N2CC(C(=O)O)CC2=O)c1N. The average molecular weight is 235 g/mol. The Balaban J connectivity index is 2.32. The molecule has 1 atom stereocenters. The number of nitrogens with two attached hydrogens (primary N) is 1. The Morgan fingerprint density at radius 3 is 2.94 bits per heavy atom. The molecule has 1 saturated heterocycles. The van der Waals surface area contributed by atoms with Gasteiger partial charge in [0.05, 0.1) is 11.6 Å². The highest BCUT2D eigenvalue weighted by Gasteiger charge is 2.36. The predicted octanol–water partition coefficient (Wildman–Crippen LogP) is 0.410. The first-order valence-electron chi connectivity index (χ1n) is 5.25. The molecule has 0 saturated carbocycles. The van der Waals surface area contributed by atoms with Gasteiger partial charge in [0.1, 0.15) is 0 Å². The highest BCUT2D eigenvalue weighted by atomic mass is 16.4. The van der Waals surface area contributed by atoms with Crippen molar-refractivity contribution in [2.75, 3.05) is 17.2 Å². The molecule has 1 aromatic heterocycles. The van der Waals surface area contributed by atoms with E-state index in [0.29, 0.717) is 11.5 Å². The van der Waals surface area contributed by atoms with E-state index in [0.717, 1.165) is 5.56 Å². The standard InChI is InChI=1S/C11H13N3O3/c1-6-2-3-13-10(9(6)12)14-5-7(11(16)17)4-8(14)15/h2-3,7H,4-5,12H2,1H3,(H,16,17). The second kappa shape index (κ2) is 4.04. The number of nitrogen functional groups attached to an aromatic ring is 1. The molecule has 2 heterocycles. The molecule has 6 nitrogen and oxygen atoms in total. The smallest absolute Gasteiger partial charge is 0.308 e. The second-order valence-corrected chi connectivity index (χ2v) is 4.11. The van der Waals surface area contributed by atoms with Crippen molar-refractivity contribution in [1.29, 1.82) is 0 Å². The Morgan fingerprint density at radius 2 is 2.35 bits per heavy atom. The molecular formula is C11H13N3O3. The Kier molecular flexibility index (Phi) is 2.71. The molecule has 0 spiro atoms.